The molecule has 0 spiro atoms. The molecule has 2 saturated carbocycles. The van der Waals surface area contributed by atoms with E-state index in [2.05, 4.69) is 16.7 Å². The van der Waals surface area contributed by atoms with Crippen molar-refractivity contribution in [3.05, 3.63) is 29.6 Å². The Morgan fingerprint density at radius 3 is 1.69 bits per heavy atom. The standard InChI is InChI=1S/C21H31N5.2ClH.Mn/c1-3-10-20-18(8-1)22-12-13-23-19-9-2-4-11-21(19)25-15-17-7-5-6-16(26-17)14-24-20;;;/h5-7,14-15,18-23H,1-4,8-13H2;2*1H;/q;;;+2/p-2/t18-,19?,20?,21-;;;/m1.../s1. The van der Waals surface area contributed by atoms with Crippen molar-refractivity contribution in [2.75, 3.05) is 13.1 Å². The summed E-state index contributed by atoms with van der Waals surface area (Å²) in [6.45, 7) is 2.02. The molecule has 2 aliphatic carbocycles. The molecular weight excluding hydrogens is 448 g/mol. The van der Waals surface area contributed by atoms with Crippen LogP contribution in [-0.2, 0) is 13.1 Å². The summed E-state index contributed by atoms with van der Waals surface area (Å²) in [7, 11) is 9.59. The summed E-state index contributed by atoms with van der Waals surface area (Å²) >= 11 is 0.00694. The van der Waals surface area contributed by atoms with E-state index in [4.69, 9.17) is 35.2 Å². The summed E-state index contributed by atoms with van der Waals surface area (Å²) in [4.78, 5) is 14.5. The van der Waals surface area contributed by atoms with Gasteiger partial charge in [-0.05, 0) is 37.8 Å². The molecule has 0 aromatic carbocycles. The third-order valence-corrected chi connectivity index (χ3v) is 5.99. The van der Waals surface area contributed by atoms with Gasteiger partial charge in [0.2, 0.25) is 0 Å². The van der Waals surface area contributed by atoms with Crippen molar-refractivity contribution < 1.29 is 13.1 Å². The van der Waals surface area contributed by atoms with E-state index < -0.39 is 0 Å². The van der Waals surface area contributed by atoms with Crippen LogP contribution in [0.4, 0.5) is 0 Å². The molecule has 1 aromatic rings. The minimum atomic E-state index is 0.00694. The van der Waals surface area contributed by atoms with Gasteiger partial charge >= 0.3 is 33.3 Å². The van der Waals surface area contributed by atoms with Gasteiger partial charge in [-0.25, -0.2) is 4.98 Å². The number of halogens is 2. The molecule has 2 unspecified atom stereocenters. The predicted octanol–water partition coefficient (Wildman–Crippen LogP) is 4.11. The van der Waals surface area contributed by atoms with Crippen molar-refractivity contribution in [3.8, 4) is 0 Å². The maximum absolute atomic E-state index is 4.89. The third-order valence-electron chi connectivity index (χ3n) is 5.99. The molecule has 4 rings (SSSR count). The molecule has 3 aliphatic rings. The van der Waals surface area contributed by atoms with Gasteiger partial charge in [-0.15, -0.1) is 0 Å². The first kappa shape index (κ1) is 23.2. The molecule has 2 bridgehead atoms. The third kappa shape index (κ3) is 7.61. The molecule has 1 aliphatic heterocycles. The summed E-state index contributed by atoms with van der Waals surface area (Å²) in [6.07, 6.45) is 13.9. The second-order valence-corrected chi connectivity index (χ2v) is 9.87. The molecule has 2 N–H and O–H groups in total. The number of pyridine rings is 1. The van der Waals surface area contributed by atoms with Gasteiger partial charge in [-0.1, -0.05) is 31.7 Å². The minimum absolute atomic E-state index is 0.00694. The Bertz CT molecular complexity index is 621. The summed E-state index contributed by atoms with van der Waals surface area (Å²) in [5, 5.41) is 7.52. The van der Waals surface area contributed by atoms with Crippen molar-refractivity contribution in [2.45, 2.75) is 75.5 Å². The number of fused-ring (bicyclic) bond motifs is 4. The molecule has 4 atom stereocenters. The van der Waals surface area contributed by atoms with E-state index in [1.807, 2.05) is 24.6 Å². The fourth-order valence-corrected chi connectivity index (χ4v) is 4.53. The molecule has 8 heteroatoms. The van der Waals surface area contributed by atoms with E-state index in [-0.39, 0.29) is 13.1 Å². The van der Waals surface area contributed by atoms with Crippen molar-refractivity contribution in [1.29, 1.82) is 0 Å². The SMILES string of the molecule is C1=NC2CCCC[C@H]2NCCNC2CCCC[C@H]2N=Cc2cccc1n2.[Cl][Mn][Cl]. The van der Waals surface area contributed by atoms with Crippen molar-refractivity contribution in [1.82, 2.24) is 15.6 Å². The van der Waals surface area contributed by atoms with Gasteiger partial charge in [0.1, 0.15) is 0 Å². The van der Waals surface area contributed by atoms with Gasteiger partial charge in [0.05, 0.1) is 23.5 Å². The van der Waals surface area contributed by atoms with E-state index in [9.17, 15) is 0 Å². The number of aromatic nitrogens is 1. The van der Waals surface area contributed by atoms with Crippen LogP contribution >= 0.6 is 20.2 Å². The molecule has 161 valence electrons. The second-order valence-electron chi connectivity index (χ2n) is 7.92. The Hall–Kier alpha value is -0.491. The van der Waals surface area contributed by atoms with E-state index in [0.717, 1.165) is 24.5 Å². The molecule has 2 heterocycles. The first-order valence-corrected chi connectivity index (χ1v) is 13.9. The first-order chi connectivity index (χ1) is 14.3. The topological polar surface area (TPSA) is 61.7 Å². The normalized spacial score (nSPS) is 30.0. The predicted molar refractivity (Wildman–Crippen MR) is 119 cm³/mol. The van der Waals surface area contributed by atoms with Crippen LogP contribution in [0.25, 0.3) is 0 Å². The van der Waals surface area contributed by atoms with Gasteiger partial charge < -0.3 is 10.6 Å². The van der Waals surface area contributed by atoms with Crippen LogP contribution in [0, 0.1) is 0 Å². The van der Waals surface area contributed by atoms with Crippen molar-refractivity contribution in [2.24, 2.45) is 9.98 Å². The molecule has 0 saturated heterocycles. The van der Waals surface area contributed by atoms with Gasteiger partial charge in [0, 0.05) is 37.6 Å². The number of hydrogen-bond donors (Lipinski definition) is 2. The Kier molecular flexibility index (Phi) is 10.4. The Morgan fingerprint density at radius 2 is 1.21 bits per heavy atom. The van der Waals surface area contributed by atoms with Crippen LogP contribution in [0.3, 0.4) is 0 Å². The number of aliphatic imine (C=N–C) groups is 2. The summed E-state index contributed by atoms with van der Waals surface area (Å²) in [5.74, 6) is 0. The molecule has 2 fully saturated rings. The summed E-state index contributed by atoms with van der Waals surface area (Å²) in [5.41, 5.74) is 1.87. The molecule has 1 aromatic heterocycles. The van der Waals surface area contributed by atoms with Crippen LogP contribution in [0.15, 0.2) is 28.2 Å². The monoisotopic (exact) mass is 478 g/mol. The van der Waals surface area contributed by atoms with Gasteiger partial charge in [0.15, 0.2) is 0 Å². The van der Waals surface area contributed by atoms with Crippen molar-refractivity contribution >= 4 is 32.6 Å². The maximum atomic E-state index is 4.89. The summed E-state index contributed by atoms with van der Waals surface area (Å²) in [6, 6.07) is 7.86. The zero-order valence-corrected chi connectivity index (χ0v) is 19.4. The van der Waals surface area contributed by atoms with Crippen LogP contribution in [-0.4, -0.2) is 54.7 Å². The Morgan fingerprint density at radius 1 is 0.759 bits per heavy atom. The average Bonchev–Trinajstić information content (AvgIpc) is 2.76. The van der Waals surface area contributed by atoms with Crippen LogP contribution in [0.1, 0.15) is 62.8 Å². The Labute approximate surface area is 189 Å². The zero-order valence-electron chi connectivity index (χ0n) is 16.7. The van der Waals surface area contributed by atoms with E-state index in [1.165, 1.54) is 51.4 Å². The average molecular weight is 479 g/mol. The van der Waals surface area contributed by atoms with E-state index in [1.54, 1.807) is 0 Å². The first-order valence-electron chi connectivity index (χ1n) is 10.7. The molecule has 29 heavy (non-hydrogen) atoms. The molecular formula is C21H31Cl2MnN5. The number of rotatable bonds is 0. The second kappa shape index (κ2) is 13.0. The van der Waals surface area contributed by atoms with Crippen molar-refractivity contribution in [3.63, 3.8) is 0 Å². The molecule has 5 nitrogen and oxygen atoms in total. The van der Waals surface area contributed by atoms with Gasteiger partial charge in [0.25, 0.3) is 0 Å². The van der Waals surface area contributed by atoms with Crippen LogP contribution < -0.4 is 10.6 Å². The van der Waals surface area contributed by atoms with E-state index in [0.29, 0.717) is 24.2 Å². The number of hydrogen-bond acceptors (Lipinski definition) is 5. The molecule has 0 amide bonds. The molecule has 0 radical (unpaired) electrons. The van der Waals surface area contributed by atoms with Crippen LogP contribution in [0.2, 0.25) is 0 Å². The van der Waals surface area contributed by atoms with E-state index >= 15 is 0 Å². The number of nitrogens with one attached hydrogen (secondary N) is 2. The summed E-state index contributed by atoms with van der Waals surface area (Å²) < 4.78 is 0. The van der Waals surface area contributed by atoms with Crippen LogP contribution in [0.5, 0.6) is 0 Å². The zero-order chi connectivity index (χ0) is 20.3. The quantitative estimate of drug-likeness (QED) is 0.551. The Balaban J connectivity index is 0.000000755. The number of nitrogens with zero attached hydrogens (tertiary/aromatic N) is 3. The fourth-order valence-electron chi connectivity index (χ4n) is 4.53. The van der Waals surface area contributed by atoms with Gasteiger partial charge in [-0.3, -0.25) is 9.98 Å². The van der Waals surface area contributed by atoms with Gasteiger partial charge in [-0.2, -0.15) is 0 Å². The fraction of sp³-hybridized carbons (Fsp3) is 0.667.